The van der Waals surface area contributed by atoms with Crippen LogP contribution in [0.2, 0.25) is 5.02 Å². The number of hydrogen-bond acceptors (Lipinski definition) is 5. The van der Waals surface area contributed by atoms with E-state index in [1.807, 2.05) is 19.2 Å². The van der Waals surface area contributed by atoms with Crippen molar-refractivity contribution >= 4 is 29.2 Å². The molecule has 0 aliphatic rings. The van der Waals surface area contributed by atoms with E-state index in [4.69, 9.17) is 11.6 Å². The van der Waals surface area contributed by atoms with Crippen molar-refractivity contribution < 1.29 is 0 Å². The molecule has 2 rings (SSSR count). The van der Waals surface area contributed by atoms with Crippen molar-refractivity contribution in [3.8, 4) is 0 Å². The second kappa shape index (κ2) is 5.84. The fourth-order valence-corrected chi connectivity index (χ4v) is 2.24. The quantitative estimate of drug-likeness (QED) is 0.863. The molecule has 4 nitrogen and oxygen atoms in total. The van der Waals surface area contributed by atoms with E-state index >= 15 is 0 Å². The van der Waals surface area contributed by atoms with Crippen LogP contribution in [0.1, 0.15) is 5.69 Å². The van der Waals surface area contributed by atoms with Gasteiger partial charge in [0, 0.05) is 19.0 Å². The van der Waals surface area contributed by atoms with Crippen molar-refractivity contribution in [3.05, 3.63) is 41.4 Å². The van der Waals surface area contributed by atoms with Gasteiger partial charge in [-0.1, -0.05) is 23.4 Å². The van der Waals surface area contributed by atoms with Crippen LogP contribution in [0.3, 0.4) is 0 Å². The first kappa shape index (κ1) is 12.1. The third-order valence-corrected chi connectivity index (χ3v) is 3.50. The molecule has 6 heteroatoms. The molecule has 0 unspecified atom stereocenters. The third kappa shape index (κ3) is 3.31. The Balaban J connectivity index is 2.00. The highest BCUT2D eigenvalue weighted by Crippen LogP contribution is 2.26. The third-order valence-electron chi connectivity index (χ3n) is 2.04. The summed E-state index contributed by atoms with van der Waals surface area (Å²) in [5, 5.41) is 4.40. The number of aromatic nitrogens is 3. The highest BCUT2D eigenvalue weighted by atomic mass is 35.5. The number of pyridine rings is 1. The van der Waals surface area contributed by atoms with Gasteiger partial charge < -0.3 is 5.32 Å². The van der Waals surface area contributed by atoms with Crippen LogP contribution >= 0.6 is 23.4 Å². The SMILES string of the molecule is CNc1cnc(CSc2ncccc2Cl)cn1. The molecule has 2 heterocycles. The molecule has 0 aromatic carbocycles. The molecule has 0 amide bonds. The summed E-state index contributed by atoms with van der Waals surface area (Å²) >= 11 is 7.56. The molecule has 0 fully saturated rings. The second-order valence-electron chi connectivity index (χ2n) is 3.22. The summed E-state index contributed by atoms with van der Waals surface area (Å²) in [6, 6.07) is 3.64. The summed E-state index contributed by atoms with van der Waals surface area (Å²) < 4.78 is 0. The van der Waals surface area contributed by atoms with Crippen LogP contribution in [-0.2, 0) is 5.75 Å². The minimum Gasteiger partial charge on any atom is -0.372 e. The van der Waals surface area contributed by atoms with Crippen LogP contribution in [0, 0.1) is 0 Å². The summed E-state index contributed by atoms with van der Waals surface area (Å²) in [7, 11) is 1.81. The summed E-state index contributed by atoms with van der Waals surface area (Å²) in [5.41, 5.74) is 0.899. The molecule has 0 bridgehead atoms. The maximum atomic E-state index is 6.01. The van der Waals surface area contributed by atoms with Gasteiger partial charge in [-0.3, -0.25) is 4.98 Å². The largest absolute Gasteiger partial charge is 0.372 e. The first-order chi connectivity index (χ1) is 8.29. The number of nitrogens with zero attached hydrogens (tertiary/aromatic N) is 3. The van der Waals surface area contributed by atoms with Crippen LogP contribution in [-0.4, -0.2) is 22.0 Å². The van der Waals surface area contributed by atoms with Crippen LogP contribution in [0.4, 0.5) is 5.82 Å². The molecule has 2 aromatic heterocycles. The zero-order valence-corrected chi connectivity index (χ0v) is 10.8. The van der Waals surface area contributed by atoms with Crippen molar-refractivity contribution in [2.75, 3.05) is 12.4 Å². The molecule has 0 radical (unpaired) electrons. The number of anilines is 1. The molecular formula is C11H11ClN4S. The van der Waals surface area contributed by atoms with Gasteiger partial charge in [0.2, 0.25) is 0 Å². The highest BCUT2D eigenvalue weighted by Gasteiger charge is 2.03. The van der Waals surface area contributed by atoms with Crippen LogP contribution in [0.15, 0.2) is 35.7 Å². The fourth-order valence-electron chi connectivity index (χ4n) is 1.18. The molecule has 0 spiro atoms. The smallest absolute Gasteiger partial charge is 0.144 e. The van der Waals surface area contributed by atoms with Gasteiger partial charge in [0.15, 0.2) is 0 Å². The predicted molar refractivity (Wildman–Crippen MR) is 70.4 cm³/mol. The predicted octanol–water partition coefficient (Wildman–Crippen LogP) is 2.86. The Hall–Kier alpha value is -1.33. The van der Waals surface area contributed by atoms with Gasteiger partial charge in [0.1, 0.15) is 10.8 Å². The lowest BCUT2D eigenvalue weighted by atomic mass is 10.5. The van der Waals surface area contributed by atoms with Crippen LogP contribution in [0.5, 0.6) is 0 Å². The van der Waals surface area contributed by atoms with E-state index < -0.39 is 0 Å². The fraction of sp³-hybridized carbons (Fsp3) is 0.182. The van der Waals surface area contributed by atoms with Gasteiger partial charge in [-0.05, 0) is 12.1 Å². The van der Waals surface area contributed by atoms with Gasteiger partial charge in [0.05, 0.1) is 23.1 Å². The van der Waals surface area contributed by atoms with Gasteiger partial charge in [-0.15, -0.1) is 0 Å². The van der Waals surface area contributed by atoms with E-state index in [-0.39, 0.29) is 0 Å². The van der Waals surface area contributed by atoms with Crippen molar-refractivity contribution in [3.63, 3.8) is 0 Å². The van der Waals surface area contributed by atoms with Crippen molar-refractivity contribution in [2.45, 2.75) is 10.8 Å². The molecule has 1 N–H and O–H groups in total. The van der Waals surface area contributed by atoms with E-state index in [2.05, 4.69) is 20.3 Å². The Bertz CT molecular complexity index is 489. The van der Waals surface area contributed by atoms with Crippen molar-refractivity contribution in [1.82, 2.24) is 15.0 Å². The molecule has 17 heavy (non-hydrogen) atoms. The van der Waals surface area contributed by atoms with Gasteiger partial charge in [0.25, 0.3) is 0 Å². The number of halogens is 1. The monoisotopic (exact) mass is 266 g/mol. The lowest BCUT2D eigenvalue weighted by Gasteiger charge is -2.03. The average molecular weight is 267 g/mol. The minimum atomic E-state index is 0.664. The Morgan fingerprint density at radius 1 is 1.29 bits per heavy atom. The lowest BCUT2D eigenvalue weighted by Crippen LogP contribution is -1.95. The van der Waals surface area contributed by atoms with Gasteiger partial charge in [-0.25, -0.2) is 9.97 Å². The number of rotatable bonds is 4. The molecule has 88 valence electrons. The molecule has 0 saturated heterocycles. The molecule has 0 atom stereocenters. The molecule has 0 aliphatic heterocycles. The van der Waals surface area contributed by atoms with Crippen molar-refractivity contribution in [2.24, 2.45) is 0 Å². The lowest BCUT2D eigenvalue weighted by molar-refractivity contribution is 1.08. The maximum Gasteiger partial charge on any atom is 0.144 e. The Morgan fingerprint density at radius 3 is 2.82 bits per heavy atom. The molecule has 2 aromatic rings. The van der Waals surface area contributed by atoms with Gasteiger partial charge >= 0.3 is 0 Å². The molecule has 0 saturated carbocycles. The Morgan fingerprint density at radius 2 is 2.18 bits per heavy atom. The number of thioether (sulfide) groups is 1. The Labute approximate surface area is 109 Å². The van der Waals surface area contributed by atoms with E-state index in [0.29, 0.717) is 10.8 Å². The Kier molecular flexibility index (Phi) is 4.17. The first-order valence-corrected chi connectivity index (χ1v) is 6.38. The average Bonchev–Trinajstić information content (AvgIpc) is 2.38. The highest BCUT2D eigenvalue weighted by molar-refractivity contribution is 7.98. The zero-order valence-electron chi connectivity index (χ0n) is 9.22. The second-order valence-corrected chi connectivity index (χ2v) is 4.59. The van der Waals surface area contributed by atoms with Gasteiger partial charge in [-0.2, -0.15) is 0 Å². The number of hydrogen-bond donors (Lipinski definition) is 1. The first-order valence-electron chi connectivity index (χ1n) is 5.01. The van der Waals surface area contributed by atoms with Crippen LogP contribution in [0.25, 0.3) is 0 Å². The maximum absolute atomic E-state index is 6.01. The van der Waals surface area contributed by atoms with E-state index in [9.17, 15) is 0 Å². The standard InChI is InChI=1S/C11H11ClN4S/c1-13-10-6-15-8(5-16-10)7-17-11-9(12)3-2-4-14-11/h2-6H,7H2,1H3,(H,13,16). The summed E-state index contributed by atoms with van der Waals surface area (Å²) in [5.74, 6) is 1.46. The topological polar surface area (TPSA) is 50.7 Å². The molecular weight excluding hydrogens is 256 g/mol. The normalized spacial score (nSPS) is 10.2. The zero-order chi connectivity index (χ0) is 12.1. The summed E-state index contributed by atoms with van der Waals surface area (Å²) in [6.45, 7) is 0. The van der Waals surface area contributed by atoms with E-state index in [1.54, 1.807) is 30.4 Å². The minimum absolute atomic E-state index is 0.664. The van der Waals surface area contributed by atoms with Crippen molar-refractivity contribution in [1.29, 1.82) is 0 Å². The summed E-state index contributed by atoms with van der Waals surface area (Å²) in [6.07, 6.45) is 5.18. The van der Waals surface area contributed by atoms with Crippen LogP contribution < -0.4 is 5.32 Å². The molecule has 0 aliphatic carbocycles. The summed E-state index contributed by atoms with van der Waals surface area (Å²) in [4.78, 5) is 12.7. The van der Waals surface area contributed by atoms with E-state index in [1.165, 1.54) is 0 Å². The number of nitrogens with one attached hydrogen (secondary N) is 1. The van der Waals surface area contributed by atoms with E-state index in [0.717, 1.165) is 16.5 Å².